The maximum absolute atomic E-state index is 12.2. The summed E-state index contributed by atoms with van der Waals surface area (Å²) >= 11 is 0. The average molecular weight is 707 g/mol. The minimum absolute atomic E-state index is 0.103. The Balaban J connectivity index is 0.000000286. The predicted octanol–water partition coefficient (Wildman–Crippen LogP) is 4.21. The van der Waals surface area contributed by atoms with Crippen LogP contribution in [0, 0.1) is 0 Å². The lowest BCUT2D eigenvalue weighted by Gasteiger charge is -2.12. The van der Waals surface area contributed by atoms with E-state index in [2.05, 4.69) is 14.2 Å². The van der Waals surface area contributed by atoms with Crippen LogP contribution in [0.15, 0.2) is 72.8 Å². The number of hydrogen-bond donors (Lipinski definition) is 2. The molecule has 0 saturated heterocycles. The molecular weight excluding hydrogens is 668 g/mol. The van der Waals surface area contributed by atoms with Gasteiger partial charge in [0, 0.05) is 0 Å². The molecule has 2 N–H and O–H groups in total. The Bertz CT molecular complexity index is 1850. The number of esters is 5. The van der Waals surface area contributed by atoms with E-state index in [-0.39, 0.29) is 44.4 Å². The van der Waals surface area contributed by atoms with Crippen LogP contribution in [-0.4, -0.2) is 86.2 Å². The number of phenolic OH excluding ortho intramolecular Hbond substituents is 2. The summed E-state index contributed by atoms with van der Waals surface area (Å²) in [4.78, 5) is 68.2. The molecule has 4 rings (SSSR count). The predicted molar refractivity (Wildman–Crippen MR) is 181 cm³/mol. The van der Waals surface area contributed by atoms with Gasteiger partial charge in [-0.3, -0.25) is 14.4 Å². The first-order valence-corrected chi connectivity index (χ1v) is 15.7. The summed E-state index contributed by atoms with van der Waals surface area (Å²) in [6.07, 6.45) is 0. The zero-order valence-electron chi connectivity index (χ0n) is 28.2. The average Bonchev–Trinajstić information content (AvgIpc) is 3.13. The molecule has 0 saturated carbocycles. The Morgan fingerprint density at radius 2 is 0.980 bits per heavy atom. The largest absolute Gasteiger partial charge is 0.508 e. The van der Waals surface area contributed by atoms with Crippen molar-refractivity contribution < 1.29 is 67.4 Å². The molecule has 2 unspecified atom stereocenters. The van der Waals surface area contributed by atoms with E-state index >= 15 is 0 Å². The topological polar surface area (TPSA) is 198 Å². The molecular formula is C37H38O14. The molecule has 0 amide bonds. The molecule has 270 valence electrons. The van der Waals surface area contributed by atoms with Gasteiger partial charge in [-0.05, 0) is 77.7 Å². The molecule has 0 aliphatic carbocycles. The SMILES string of the molecule is CC(C(=O)OCC(=O)OCC(=O)OCCOC=O)c1ccc2cc(O)ccc2c1.CCOC(=O)COC(=O)C(C)c1ccc2cc(O)ccc2c1. The molecule has 14 heteroatoms. The molecule has 0 heterocycles. The van der Waals surface area contributed by atoms with Crippen molar-refractivity contribution in [3.63, 3.8) is 0 Å². The number of ether oxygens (including phenoxy) is 6. The monoisotopic (exact) mass is 706 g/mol. The van der Waals surface area contributed by atoms with E-state index in [9.17, 15) is 39.0 Å². The van der Waals surface area contributed by atoms with Gasteiger partial charge >= 0.3 is 29.8 Å². The van der Waals surface area contributed by atoms with E-state index in [1.807, 2.05) is 12.1 Å². The zero-order valence-corrected chi connectivity index (χ0v) is 28.2. The number of rotatable bonds is 15. The zero-order chi connectivity index (χ0) is 37.3. The van der Waals surface area contributed by atoms with Gasteiger partial charge < -0.3 is 38.6 Å². The number of carbonyl (C=O) groups excluding carboxylic acids is 6. The van der Waals surface area contributed by atoms with E-state index in [4.69, 9.17) is 14.2 Å². The highest BCUT2D eigenvalue weighted by molar-refractivity contribution is 5.88. The summed E-state index contributed by atoms with van der Waals surface area (Å²) in [5.74, 6) is -4.18. The van der Waals surface area contributed by atoms with Crippen LogP contribution in [-0.2, 0) is 57.2 Å². The lowest BCUT2D eigenvalue weighted by Crippen LogP contribution is -2.23. The van der Waals surface area contributed by atoms with Crippen molar-refractivity contribution in [2.45, 2.75) is 32.6 Å². The minimum Gasteiger partial charge on any atom is -0.508 e. The highest BCUT2D eigenvalue weighted by Gasteiger charge is 2.20. The normalized spacial score (nSPS) is 11.6. The van der Waals surface area contributed by atoms with Crippen molar-refractivity contribution in [2.24, 2.45) is 0 Å². The van der Waals surface area contributed by atoms with E-state index in [0.717, 1.165) is 27.1 Å². The van der Waals surface area contributed by atoms with Gasteiger partial charge in [0.2, 0.25) is 0 Å². The first kappa shape index (κ1) is 39.3. The molecule has 51 heavy (non-hydrogen) atoms. The Morgan fingerprint density at radius 3 is 1.45 bits per heavy atom. The molecule has 0 fully saturated rings. The molecule has 0 bridgehead atoms. The Labute approximate surface area is 292 Å². The lowest BCUT2D eigenvalue weighted by molar-refractivity contribution is -0.165. The number of hydrogen-bond acceptors (Lipinski definition) is 14. The van der Waals surface area contributed by atoms with Crippen molar-refractivity contribution in [3.05, 3.63) is 83.9 Å². The van der Waals surface area contributed by atoms with Crippen LogP contribution in [0.3, 0.4) is 0 Å². The maximum atomic E-state index is 12.2. The van der Waals surface area contributed by atoms with Crippen LogP contribution in [0.1, 0.15) is 43.7 Å². The number of aromatic hydroxyl groups is 2. The van der Waals surface area contributed by atoms with Crippen molar-refractivity contribution in [1.29, 1.82) is 0 Å². The van der Waals surface area contributed by atoms with Gasteiger partial charge in [0.05, 0.1) is 18.4 Å². The fourth-order valence-electron chi connectivity index (χ4n) is 4.50. The van der Waals surface area contributed by atoms with E-state index in [1.165, 1.54) is 0 Å². The number of phenols is 2. The quantitative estimate of drug-likeness (QED) is 0.0771. The van der Waals surface area contributed by atoms with Gasteiger partial charge in [0.1, 0.15) is 24.7 Å². The molecule has 0 aliphatic rings. The summed E-state index contributed by atoms with van der Waals surface area (Å²) in [5.41, 5.74) is 1.47. The van der Waals surface area contributed by atoms with Crippen molar-refractivity contribution >= 4 is 57.9 Å². The van der Waals surface area contributed by atoms with Gasteiger partial charge in [-0.15, -0.1) is 0 Å². The lowest BCUT2D eigenvalue weighted by atomic mass is 9.98. The molecule has 2 atom stereocenters. The number of carbonyl (C=O) groups is 6. The van der Waals surface area contributed by atoms with E-state index in [0.29, 0.717) is 5.56 Å². The van der Waals surface area contributed by atoms with Crippen molar-refractivity contribution in [3.8, 4) is 11.5 Å². The molecule has 4 aromatic carbocycles. The number of fused-ring (bicyclic) bond motifs is 2. The molecule has 0 aromatic heterocycles. The van der Waals surface area contributed by atoms with Crippen molar-refractivity contribution in [1.82, 2.24) is 0 Å². The summed E-state index contributed by atoms with van der Waals surface area (Å²) in [5, 5.41) is 22.4. The maximum Gasteiger partial charge on any atom is 0.344 e. The standard InChI is InChI=1S/C20H20O9.C17H18O5/c1-13(14-2-3-16-9-17(22)5-4-15(16)8-14)20(25)29-11-19(24)28-10-18(23)27-7-6-26-12-21;1-3-21-16(19)10-22-17(20)11(2)12-4-5-14-9-15(18)7-6-13(14)8-12/h2-5,8-9,12-13,22H,6-7,10-11H2,1H3;4-9,11,18H,3,10H2,1-2H3. The van der Waals surface area contributed by atoms with Crippen LogP contribution >= 0.6 is 0 Å². The fraction of sp³-hybridized carbons (Fsp3) is 0.297. The molecule has 0 radical (unpaired) electrons. The Kier molecular flexibility index (Phi) is 15.2. The van der Waals surface area contributed by atoms with Gasteiger partial charge in [-0.25, -0.2) is 14.4 Å². The second kappa shape index (κ2) is 19.7. The summed E-state index contributed by atoms with van der Waals surface area (Å²) < 4.78 is 28.2. The van der Waals surface area contributed by atoms with Crippen LogP contribution in [0.25, 0.3) is 21.5 Å². The van der Waals surface area contributed by atoms with Crippen molar-refractivity contribution in [2.75, 3.05) is 39.6 Å². The minimum atomic E-state index is -0.902. The highest BCUT2D eigenvalue weighted by Crippen LogP contribution is 2.26. The fourth-order valence-corrected chi connectivity index (χ4v) is 4.50. The van der Waals surface area contributed by atoms with E-state index in [1.54, 1.807) is 81.4 Å². The Hall–Kier alpha value is -6.18. The summed E-state index contributed by atoms with van der Waals surface area (Å²) in [6, 6.07) is 20.7. The summed E-state index contributed by atoms with van der Waals surface area (Å²) in [7, 11) is 0. The van der Waals surface area contributed by atoms with Crippen LogP contribution in [0.5, 0.6) is 11.5 Å². The van der Waals surface area contributed by atoms with Crippen LogP contribution < -0.4 is 0 Å². The highest BCUT2D eigenvalue weighted by atomic mass is 16.6. The third kappa shape index (κ3) is 12.7. The van der Waals surface area contributed by atoms with Crippen LogP contribution in [0.4, 0.5) is 0 Å². The third-order valence-electron chi connectivity index (χ3n) is 7.26. The molecule has 0 aliphatic heterocycles. The third-order valence-corrected chi connectivity index (χ3v) is 7.26. The second-order valence-corrected chi connectivity index (χ2v) is 10.9. The van der Waals surface area contributed by atoms with Gasteiger partial charge in [0.25, 0.3) is 6.47 Å². The summed E-state index contributed by atoms with van der Waals surface area (Å²) in [6.45, 7) is 3.57. The molecule has 0 spiro atoms. The molecule has 14 nitrogen and oxygen atoms in total. The first-order chi connectivity index (χ1) is 24.4. The van der Waals surface area contributed by atoms with E-state index < -0.39 is 54.9 Å². The van der Waals surface area contributed by atoms with Gasteiger partial charge in [-0.1, -0.05) is 48.5 Å². The van der Waals surface area contributed by atoms with Gasteiger partial charge in [0.15, 0.2) is 19.8 Å². The smallest absolute Gasteiger partial charge is 0.344 e. The molecule has 4 aromatic rings. The van der Waals surface area contributed by atoms with Gasteiger partial charge in [-0.2, -0.15) is 0 Å². The first-order valence-electron chi connectivity index (χ1n) is 15.7. The number of benzene rings is 4. The van der Waals surface area contributed by atoms with Crippen LogP contribution in [0.2, 0.25) is 0 Å². The Morgan fingerprint density at radius 1 is 0.569 bits per heavy atom. The second-order valence-electron chi connectivity index (χ2n) is 10.9.